The number of carbonyl (C=O) groups is 2. The fourth-order valence-corrected chi connectivity index (χ4v) is 5.86. The number of hydrogen-bond acceptors (Lipinski definition) is 5. The van der Waals surface area contributed by atoms with Crippen LogP contribution in [-0.2, 0) is 14.3 Å². The maximum atomic E-state index is 12.6. The lowest BCUT2D eigenvalue weighted by Gasteiger charge is -2.53. The molecule has 5 aliphatic rings. The molecule has 6 nitrogen and oxygen atoms in total. The van der Waals surface area contributed by atoms with Crippen LogP contribution in [0.4, 0.5) is 5.69 Å². The minimum Gasteiger partial charge on any atom is -0.486 e. The molecular weight excluding hydrogens is 346 g/mol. The van der Waals surface area contributed by atoms with E-state index in [0.29, 0.717) is 42.2 Å². The first-order chi connectivity index (χ1) is 13.2. The third-order valence-electron chi connectivity index (χ3n) is 6.67. The number of ether oxygens (including phenoxy) is 3. The third-order valence-corrected chi connectivity index (χ3v) is 6.67. The van der Waals surface area contributed by atoms with Crippen LogP contribution < -0.4 is 14.8 Å². The molecule has 4 saturated carbocycles. The van der Waals surface area contributed by atoms with Crippen LogP contribution >= 0.6 is 0 Å². The summed E-state index contributed by atoms with van der Waals surface area (Å²) < 4.78 is 16.4. The molecule has 4 fully saturated rings. The van der Waals surface area contributed by atoms with Crippen LogP contribution in [0, 0.1) is 29.6 Å². The summed E-state index contributed by atoms with van der Waals surface area (Å²) in [5.74, 6) is 3.34. The van der Waals surface area contributed by atoms with Gasteiger partial charge in [-0.3, -0.25) is 9.59 Å². The Morgan fingerprint density at radius 1 is 0.963 bits per heavy atom. The lowest BCUT2D eigenvalue weighted by Crippen LogP contribution is -2.48. The standard InChI is InChI=1S/C21H25NO5/c23-19(22-16-1-2-17-18(10-16)26-4-3-25-17)11-27-21(24)20-14-6-12-5-13(8-14)9-15(20)7-12/h1-2,10,12-15,20H,3-9,11H2,(H,22,23). The van der Waals surface area contributed by atoms with Gasteiger partial charge in [-0.15, -0.1) is 0 Å². The smallest absolute Gasteiger partial charge is 0.310 e. The molecule has 1 heterocycles. The van der Waals surface area contributed by atoms with Crippen molar-refractivity contribution in [3.63, 3.8) is 0 Å². The lowest BCUT2D eigenvalue weighted by atomic mass is 9.52. The second-order valence-corrected chi connectivity index (χ2v) is 8.47. The number of benzene rings is 1. The van der Waals surface area contributed by atoms with Crippen molar-refractivity contribution in [2.45, 2.75) is 32.1 Å². The summed E-state index contributed by atoms with van der Waals surface area (Å²) in [4.78, 5) is 24.9. The van der Waals surface area contributed by atoms with Gasteiger partial charge in [-0.25, -0.2) is 0 Å². The van der Waals surface area contributed by atoms with E-state index in [0.717, 1.165) is 37.5 Å². The van der Waals surface area contributed by atoms with Crippen molar-refractivity contribution in [3.05, 3.63) is 18.2 Å². The molecule has 0 saturated heterocycles. The van der Waals surface area contributed by atoms with Gasteiger partial charge in [0.05, 0.1) is 5.92 Å². The zero-order valence-electron chi connectivity index (χ0n) is 15.3. The molecule has 144 valence electrons. The largest absolute Gasteiger partial charge is 0.486 e. The molecule has 4 bridgehead atoms. The van der Waals surface area contributed by atoms with E-state index in [1.54, 1.807) is 18.2 Å². The maximum Gasteiger partial charge on any atom is 0.310 e. The highest BCUT2D eigenvalue weighted by atomic mass is 16.6. The predicted molar refractivity (Wildman–Crippen MR) is 97.6 cm³/mol. The highest BCUT2D eigenvalue weighted by Crippen LogP contribution is 2.56. The number of carbonyl (C=O) groups excluding carboxylic acids is 2. The molecule has 0 atom stereocenters. The molecule has 1 aromatic carbocycles. The average Bonchev–Trinajstić information content (AvgIpc) is 2.65. The Hall–Kier alpha value is -2.24. The normalized spacial score (nSPS) is 32.8. The van der Waals surface area contributed by atoms with E-state index in [4.69, 9.17) is 14.2 Å². The zero-order valence-corrected chi connectivity index (χ0v) is 15.3. The van der Waals surface area contributed by atoms with Crippen LogP contribution in [0.3, 0.4) is 0 Å². The summed E-state index contributed by atoms with van der Waals surface area (Å²) in [6, 6.07) is 5.25. The number of rotatable bonds is 4. The molecule has 0 radical (unpaired) electrons. The molecule has 0 unspecified atom stereocenters. The molecule has 1 amide bonds. The van der Waals surface area contributed by atoms with Gasteiger partial charge in [0.1, 0.15) is 13.2 Å². The quantitative estimate of drug-likeness (QED) is 0.824. The van der Waals surface area contributed by atoms with Gasteiger partial charge in [0.2, 0.25) is 0 Å². The van der Waals surface area contributed by atoms with E-state index in [1.807, 2.05) is 0 Å². The summed E-state index contributed by atoms with van der Waals surface area (Å²) in [6.07, 6.45) is 6.01. The fourth-order valence-electron chi connectivity index (χ4n) is 5.86. The Balaban J connectivity index is 1.16. The van der Waals surface area contributed by atoms with Crippen molar-refractivity contribution >= 4 is 17.6 Å². The number of nitrogens with one attached hydrogen (secondary N) is 1. The number of fused-ring (bicyclic) bond motifs is 1. The Morgan fingerprint density at radius 2 is 1.63 bits per heavy atom. The Kier molecular flexibility index (Phi) is 4.21. The van der Waals surface area contributed by atoms with Crippen molar-refractivity contribution in [1.29, 1.82) is 0 Å². The van der Waals surface area contributed by atoms with Crippen molar-refractivity contribution in [1.82, 2.24) is 0 Å². The van der Waals surface area contributed by atoms with Crippen molar-refractivity contribution in [2.75, 3.05) is 25.1 Å². The molecular formula is C21H25NO5. The summed E-state index contributed by atoms with van der Waals surface area (Å²) >= 11 is 0. The van der Waals surface area contributed by atoms with Crippen molar-refractivity contribution in [3.8, 4) is 11.5 Å². The topological polar surface area (TPSA) is 73.9 Å². The maximum absolute atomic E-state index is 12.6. The summed E-state index contributed by atoms with van der Waals surface area (Å²) in [5.41, 5.74) is 0.606. The molecule has 1 aliphatic heterocycles. The number of anilines is 1. The number of amides is 1. The first kappa shape index (κ1) is 16.9. The first-order valence-corrected chi connectivity index (χ1v) is 10.0. The van der Waals surface area contributed by atoms with Gasteiger partial charge in [-0.1, -0.05) is 0 Å². The number of esters is 1. The minimum atomic E-state index is -0.330. The van der Waals surface area contributed by atoms with Gasteiger partial charge < -0.3 is 19.5 Å². The second kappa shape index (κ2) is 6.73. The van der Waals surface area contributed by atoms with E-state index in [9.17, 15) is 9.59 Å². The Bertz CT molecular complexity index is 733. The molecule has 27 heavy (non-hydrogen) atoms. The fraction of sp³-hybridized carbons (Fsp3) is 0.619. The predicted octanol–water partition coefficient (Wildman–Crippen LogP) is 3.01. The van der Waals surface area contributed by atoms with Crippen LogP contribution in [0.5, 0.6) is 11.5 Å². The Morgan fingerprint density at radius 3 is 2.33 bits per heavy atom. The third kappa shape index (κ3) is 3.26. The van der Waals surface area contributed by atoms with Crippen LogP contribution in [-0.4, -0.2) is 31.7 Å². The lowest BCUT2D eigenvalue weighted by molar-refractivity contribution is -0.164. The first-order valence-electron chi connectivity index (χ1n) is 10.0. The second-order valence-electron chi connectivity index (χ2n) is 8.47. The average molecular weight is 371 g/mol. The highest BCUT2D eigenvalue weighted by molar-refractivity contribution is 5.93. The van der Waals surface area contributed by atoms with Gasteiger partial charge in [-0.2, -0.15) is 0 Å². The van der Waals surface area contributed by atoms with E-state index in [2.05, 4.69) is 5.32 Å². The SMILES string of the molecule is O=C(COC(=O)C1C2CC3CC(C2)CC1C3)Nc1ccc2c(c1)OCCO2. The zero-order chi connectivity index (χ0) is 18.4. The monoisotopic (exact) mass is 371 g/mol. The molecule has 6 heteroatoms. The van der Waals surface area contributed by atoms with Crippen LogP contribution in [0.2, 0.25) is 0 Å². The number of hydrogen-bond donors (Lipinski definition) is 1. The summed E-state index contributed by atoms with van der Waals surface area (Å²) in [7, 11) is 0. The summed E-state index contributed by atoms with van der Waals surface area (Å²) in [5, 5.41) is 2.76. The van der Waals surface area contributed by atoms with Gasteiger partial charge in [0.15, 0.2) is 18.1 Å². The van der Waals surface area contributed by atoms with E-state index in [1.165, 1.54) is 6.42 Å². The molecule has 1 N–H and O–H groups in total. The van der Waals surface area contributed by atoms with Gasteiger partial charge in [0.25, 0.3) is 5.91 Å². The molecule has 4 aliphatic carbocycles. The van der Waals surface area contributed by atoms with Crippen LogP contribution in [0.15, 0.2) is 18.2 Å². The van der Waals surface area contributed by atoms with Crippen molar-refractivity contribution < 1.29 is 23.8 Å². The minimum absolute atomic E-state index is 0.0000988. The van der Waals surface area contributed by atoms with E-state index >= 15 is 0 Å². The molecule has 0 aromatic heterocycles. The summed E-state index contributed by atoms with van der Waals surface area (Å²) in [6.45, 7) is 0.781. The van der Waals surface area contributed by atoms with Crippen molar-refractivity contribution in [2.24, 2.45) is 29.6 Å². The molecule has 6 rings (SSSR count). The van der Waals surface area contributed by atoms with Gasteiger partial charge in [0, 0.05) is 11.8 Å². The van der Waals surface area contributed by atoms with Crippen LogP contribution in [0.25, 0.3) is 0 Å². The van der Waals surface area contributed by atoms with Gasteiger partial charge in [-0.05, 0) is 67.9 Å². The van der Waals surface area contributed by atoms with Crippen LogP contribution in [0.1, 0.15) is 32.1 Å². The molecule has 0 spiro atoms. The van der Waals surface area contributed by atoms with E-state index < -0.39 is 0 Å². The molecule has 1 aromatic rings. The Labute approximate surface area is 158 Å². The van der Waals surface area contributed by atoms with E-state index in [-0.39, 0.29) is 24.4 Å². The highest BCUT2D eigenvalue weighted by Gasteiger charge is 2.51. The van der Waals surface area contributed by atoms with Gasteiger partial charge >= 0.3 is 5.97 Å².